The largest absolute Gasteiger partial charge is 0.429 e. The second-order valence-corrected chi connectivity index (χ2v) is 5.63. The van der Waals surface area contributed by atoms with Gasteiger partial charge in [-0.2, -0.15) is 12.7 Å². The van der Waals surface area contributed by atoms with E-state index in [-0.39, 0.29) is 0 Å². The van der Waals surface area contributed by atoms with E-state index in [4.69, 9.17) is 0 Å². The summed E-state index contributed by atoms with van der Waals surface area (Å²) in [5.74, 6) is 0. The minimum atomic E-state index is -3.72. The van der Waals surface area contributed by atoms with Gasteiger partial charge < -0.3 is 9.74 Å². The Hall–Kier alpha value is -0.860. The van der Waals surface area contributed by atoms with Gasteiger partial charge in [-0.05, 0) is 24.1 Å². The number of carbonyl (C=O) groups excluding carboxylic acids is 1. The molecule has 0 atom stereocenters. The molecule has 7 nitrogen and oxygen atoms in total. The summed E-state index contributed by atoms with van der Waals surface area (Å²) in [6.45, 7) is 1.23. The Labute approximate surface area is 95.5 Å². The second-order valence-electron chi connectivity index (χ2n) is 3.79. The van der Waals surface area contributed by atoms with Crippen LogP contribution in [0.3, 0.4) is 0 Å². The lowest BCUT2D eigenvalue weighted by molar-refractivity contribution is 0.0758. The monoisotopic (exact) mass is 251 g/mol. The van der Waals surface area contributed by atoms with Crippen LogP contribution in [0.15, 0.2) is 0 Å². The molecule has 0 aromatic carbocycles. The highest BCUT2D eigenvalue weighted by atomic mass is 32.2. The van der Waals surface area contributed by atoms with Crippen molar-refractivity contribution < 1.29 is 18.0 Å². The standard InChI is InChI=1S/C8H17N3O4S/c1-10(2)16(13,14)9-15-8(12)11-6-4-3-5-7-11/h9H,3-7H2,1-2H3. The van der Waals surface area contributed by atoms with Gasteiger partial charge in [0.2, 0.25) is 0 Å². The third-order valence-electron chi connectivity index (χ3n) is 2.33. The topological polar surface area (TPSA) is 79.0 Å². The Morgan fingerprint density at radius 1 is 1.25 bits per heavy atom. The normalized spacial score (nSPS) is 17.6. The molecule has 0 aliphatic carbocycles. The molecule has 0 bridgehead atoms. The fourth-order valence-corrected chi connectivity index (χ4v) is 1.63. The maximum Gasteiger partial charge on any atom is 0.429 e. The van der Waals surface area contributed by atoms with E-state index in [1.165, 1.54) is 19.0 Å². The number of rotatable bonds is 3. The lowest BCUT2D eigenvalue weighted by atomic mass is 10.1. The smallest absolute Gasteiger partial charge is 0.337 e. The molecule has 0 aromatic heterocycles. The SMILES string of the molecule is CN(C)S(=O)(=O)NOC(=O)N1CCCCC1. The Morgan fingerprint density at radius 2 is 1.81 bits per heavy atom. The Morgan fingerprint density at radius 3 is 2.31 bits per heavy atom. The van der Waals surface area contributed by atoms with Crippen LogP contribution in [-0.4, -0.2) is 50.9 Å². The molecule has 1 heterocycles. The van der Waals surface area contributed by atoms with Crippen LogP contribution in [0.25, 0.3) is 0 Å². The van der Waals surface area contributed by atoms with Crippen LogP contribution in [0.5, 0.6) is 0 Å². The van der Waals surface area contributed by atoms with Crippen molar-refractivity contribution in [2.45, 2.75) is 19.3 Å². The first kappa shape index (κ1) is 13.2. The number of nitrogens with one attached hydrogen (secondary N) is 1. The molecular weight excluding hydrogens is 234 g/mol. The van der Waals surface area contributed by atoms with Crippen molar-refractivity contribution in [1.82, 2.24) is 14.1 Å². The molecule has 1 aliphatic heterocycles. The predicted octanol–water partition coefficient (Wildman–Crippen LogP) is -0.0801. The fourth-order valence-electron chi connectivity index (χ4n) is 1.30. The van der Waals surface area contributed by atoms with E-state index in [0.717, 1.165) is 23.6 Å². The van der Waals surface area contributed by atoms with E-state index in [0.29, 0.717) is 13.1 Å². The zero-order chi connectivity index (χ0) is 12.2. The number of amides is 1. The van der Waals surface area contributed by atoms with E-state index in [9.17, 15) is 13.2 Å². The Balaban J connectivity index is 2.40. The zero-order valence-corrected chi connectivity index (χ0v) is 10.3. The van der Waals surface area contributed by atoms with E-state index in [1.807, 2.05) is 0 Å². The van der Waals surface area contributed by atoms with Crippen LogP contribution in [0.2, 0.25) is 0 Å². The van der Waals surface area contributed by atoms with Crippen molar-refractivity contribution in [3.05, 3.63) is 0 Å². The van der Waals surface area contributed by atoms with E-state index >= 15 is 0 Å². The highest BCUT2D eigenvalue weighted by Gasteiger charge is 2.21. The number of hydrogen-bond donors (Lipinski definition) is 1. The summed E-state index contributed by atoms with van der Waals surface area (Å²) in [6.07, 6.45) is 2.29. The summed E-state index contributed by atoms with van der Waals surface area (Å²) in [4.78, 5) is 19.2. The third kappa shape index (κ3) is 3.62. The number of nitrogens with zero attached hydrogens (tertiary/aromatic N) is 2. The molecule has 0 aromatic rings. The van der Waals surface area contributed by atoms with Gasteiger partial charge in [-0.25, -0.2) is 4.79 Å². The molecule has 1 rings (SSSR count). The van der Waals surface area contributed by atoms with E-state index in [1.54, 1.807) is 4.89 Å². The molecular formula is C8H17N3O4S. The third-order valence-corrected chi connectivity index (χ3v) is 3.58. The van der Waals surface area contributed by atoms with Crippen LogP contribution >= 0.6 is 0 Å². The van der Waals surface area contributed by atoms with Gasteiger partial charge >= 0.3 is 16.3 Å². The first-order valence-corrected chi connectivity index (χ1v) is 6.52. The van der Waals surface area contributed by atoms with E-state index in [2.05, 4.69) is 4.84 Å². The van der Waals surface area contributed by atoms with Crippen molar-refractivity contribution in [3.63, 3.8) is 0 Å². The van der Waals surface area contributed by atoms with Crippen molar-refractivity contribution >= 4 is 16.3 Å². The summed E-state index contributed by atoms with van der Waals surface area (Å²) < 4.78 is 23.4. The van der Waals surface area contributed by atoms with Gasteiger partial charge in [-0.1, -0.05) is 0 Å². The van der Waals surface area contributed by atoms with Crippen LogP contribution in [-0.2, 0) is 15.0 Å². The van der Waals surface area contributed by atoms with Gasteiger partial charge in [0, 0.05) is 27.2 Å². The molecule has 1 amide bonds. The van der Waals surface area contributed by atoms with Crippen molar-refractivity contribution in [1.29, 1.82) is 0 Å². The highest BCUT2D eigenvalue weighted by molar-refractivity contribution is 7.86. The van der Waals surface area contributed by atoms with Crippen molar-refractivity contribution in [3.8, 4) is 0 Å². The summed E-state index contributed by atoms with van der Waals surface area (Å²) in [5.41, 5.74) is 0. The van der Waals surface area contributed by atoms with Crippen molar-refractivity contribution in [2.24, 2.45) is 0 Å². The Kier molecular flexibility index (Phi) is 4.51. The first-order valence-electron chi connectivity index (χ1n) is 5.08. The lowest BCUT2D eigenvalue weighted by Crippen LogP contribution is -2.43. The minimum absolute atomic E-state index is 0.614. The molecule has 8 heteroatoms. The van der Waals surface area contributed by atoms with Crippen LogP contribution in [0.4, 0.5) is 4.79 Å². The number of piperidine rings is 1. The fraction of sp³-hybridized carbons (Fsp3) is 0.875. The number of likely N-dealkylation sites (tertiary alicyclic amines) is 1. The molecule has 94 valence electrons. The molecule has 16 heavy (non-hydrogen) atoms. The van der Waals surface area contributed by atoms with Crippen molar-refractivity contribution in [2.75, 3.05) is 27.2 Å². The zero-order valence-electron chi connectivity index (χ0n) is 9.47. The summed E-state index contributed by atoms with van der Waals surface area (Å²) in [6, 6.07) is 0. The highest BCUT2D eigenvalue weighted by Crippen LogP contribution is 2.09. The maximum absolute atomic E-state index is 11.4. The Bertz CT molecular complexity index is 335. The molecule has 1 N–H and O–H groups in total. The molecule has 0 spiro atoms. The van der Waals surface area contributed by atoms with Gasteiger partial charge in [0.05, 0.1) is 0 Å². The number of hydrogen-bond acceptors (Lipinski definition) is 4. The van der Waals surface area contributed by atoms with Crippen LogP contribution in [0, 0.1) is 0 Å². The number of carbonyl (C=O) groups is 1. The summed E-state index contributed by atoms with van der Waals surface area (Å²) in [7, 11) is -1.03. The second kappa shape index (κ2) is 5.46. The molecule has 0 radical (unpaired) electrons. The van der Waals surface area contributed by atoms with Gasteiger partial charge in [0.15, 0.2) is 0 Å². The van der Waals surface area contributed by atoms with Gasteiger partial charge in [-0.15, -0.1) is 0 Å². The molecule has 1 fully saturated rings. The van der Waals surface area contributed by atoms with Gasteiger partial charge in [-0.3, -0.25) is 0 Å². The summed E-state index contributed by atoms with van der Waals surface area (Å²) in [5, 5.41) is 0. The first-order chi connectivity index (χ1) is 7.43. The maximum atomic E-state index is 11.4. The van der Waals surface area contributed by atoms with Gasteiger partial charge in [0.25, 0.3) is 0 Å². The average molecular weight is 251 g/mol. The molecule has 1 saturated heterocycles. The predicted molar refractivity (Wildman–Crippen MR) is 57.6 cm³/mol. The quantitative estimate of drug-likeness (QED) is 0.712. The summed E-state index contributed by atoms with van der Waals surface area (Å²) >= 11 is 0. The van der Waals surface area contributed by atoms with Crippen LogP contribution in [0.1, 0.15) is 19.3 Å². The van der Waals surface area contributed by atoms with Gasteiger partial charge in [0.1, 0.15) is 0 Å². The van der Waals surface area contributed by atoms with E-state index < -0.39 is 16.3 Å². The van der Waals surface area contributed by atoms with Crippen LogP contribution < -0.4 is 4.89 Å². The molecule has 0 saturated carbocycles. The molecule has 0 unspecified atom stereocenters. The lowest BCUT2D eigenvalue weighted by Gasteiger charge is -2.25. The minimum Gasteiger partial charge on any atom is -0.337 e. The molecule has 1 aliphatic rings. The average Bonchev–Trinajstić information content (AvgIpc) is 2.27.